The topological polar surface area (TPSA) is 57.6 Å². The molecule has 4 nitrogen and oxygen atoms in total. The van der Waals surface area contributed by atoms with Crippen molar-refractivity contribution in [2.24, 2.45) is 11.8 Å². The lowest BCUT2D eigenvalue weighted by molar-refractivity contribution is -0.143. The quantitative estimate of drug-likeness (QED) is 0.897. The summed E-state index contributed by atoms with van der Waals surface area (Å²) in [4.78, 5) is 27.3. The molecule has 1 aromatic carbocycles. The first kappa shape index (κ1) is 17.6. The van der Waals surface area contributed by atoms with E-state index in [1.54, 1.807) is 17.0 Å². The predicted octanol–water partition coefficient (Wildman–Crippen LogP) is 4.05. The number of carboxylic acids is 1. The van der Waals surface area contributed by atoms with Gasteiger partial charge in [-0.2, -0.15) is 0 Å². The largest absolute Gasteiger partial charge is 0.481 e. The van der Waals surface area contributed by atoms with Crippen molar-refractivity contribution >= 4 is 23.2 Å². The Morgan fingerprint density at radius 3 is 2.56 bits per heavy atom. The Labute approximate surface area is 149 Å². The maximum Gasteiger partial charge on any atom is 0.308 e. The van der Waals surface area contributed by atoms with Gasteiger partial charge in [0.25, 0.3) is 5.91 Å². The Bertz CT molecular complexity index is 800. The van der Waals surface area contributed by atoms with Gasteiger partial charge in [0.05, 0.1) is 10.8 Å². The predicted molar refractivity (Wildman–Crippen MR) is 95.3 cm³/mol. The molecular weight excluding hydrogens is 341 g/mol. The van der Waals surface area contributed by atoms with E-state index < -0.39 is 11.9 Å². The van der Waals surface area contributed by atoms with Crippen LogP contribution in [0.1, 0.15) is 28.6 Å². The normalized spacial score (nSPS) is 20.5. The second-order valence-electron chi connectivity index (χ2n) is 6.72. The van der Waals surface area contributed by atoms with Gasteiger partial charge in [0.2, 0.25) is 0 Å². The van der Waals surface area contributed by atoms with Crippen molar-refractivity contribution in [2.75, 3.05) is 13.1 Å². The monoisotopic (exact) mass is 361 g/mol. The van der Waals surface area contributed by atoms with E-state index in [9.17, 15) is 19.1 Å². The van der Waals surface area contributed by atoms with E-state index in [2.05, 4.69) is 0 Å². The summed E-state index contributed by atoms with van der Waals surface area (Å²) in [6.07, 6.45) is 0.601. The number of nitrogens with zero attached hydrogens (tertiary/aromatic N) is 1. The van der Waals surface area contributed by atoms with Gasteiger partial charge in [0, 0.05) is 18.0 Å². The van der Waals surface area contributed by atoms with Crippen molar-refractivity contribution in [3.8, 4) is 10.4 Å². The van der Waals surface area contributed by atoms with Crippen LogP contribution in [0.5, 0.6) is 0 Å². The molecule has 132 valence electrons. The highest BCUT2D eigenvalue weighted by Crippen LogP contribution is 2.34. The molecule has 0 bridgehead atoms. The minimum absolute atomic E-state index is 0.126. The molecule has 1 fully saturated rings. The molecule has 1 amide bonds. The molecule has 1 aliphatic rings. The summed E-state index contributed by atoms with van der Waals surface area (Å²) in [5.41, 5.74) is 1.83. The summed E-state index contributed by atoms with van der Waals surface area (Å²) in [5.74, 6) is -1.61. The molecule has 1 aromatic heterocycles. The standard InChI is InChI=1S/C19H20FNO3S/c1-11-7-14(19(23)24)10-21(9-11)18(22)16-8-12(2)17(25-16)13-3-5-15(20)6-4-13/h3-6,8,11,14H,7,9-10H2,1-2H3,(H,23,24). The van der Waals surface area contributed by atoms with Gasteiger partial charge < -0.3 is 10.0 Å². The van der Waals surface area contributed by atoms with Crippen molar-refractivity contribution in [2.45, 2.75) is 20.3 Å². The third kappa shape index (κ3) is 3.74. The van der Waals surface area contributed by atoms with Crippen LogP contribution >= 0.6 is 11.3 Å². The number of aliphatic carboxylic acids is 1. The zero-order valence-electron chi connectivity index (χ0n) is 14.2. The van der Waals surface area contributed by atoms with Gasteiger partial charge in [0.1, 0.15) is 5.82 Å². The number of likely N-dealkylation sites (tertiary alicyclic amines) is 1. The van der Waals surface area contributed by atoms with Crippen LogP contribution in [0.4, 0.5) is 4.39 Å². The molecule has 0 aliphatic carbocycles. The highest BCUT2D eigenvalue weighted by Gasteiger charge is 2.33. The lowest BCUT2D eigenvalue weighted by Crippen LogP contribution is -2.45. The highest BCUT2D eigenvalue weighted by molar-refractivity contribution is 7.17. The Hall–Kier alpha value is -2.21. The number of hydrogen-bond donors (Lipinski definition) is 1. The molecule has 1 N–H and O–H groups in total. The number of piperidine rings is 1. The Morgan fingerprint density at radius 1 is 1.24 bits per heavy atom. The van der Waals surface area contributed by atoms with Crippen LogP contribution in [-0.2, 0) is 4.79 Å². The third-order valence-electron chi connectivity index (χ3n) is 4.53. The number of benzene rings is 1. The molecule has 6 heteroatoms. The van der Waals surface area contributed by atoms with Gasteiger partial charge in [-0.1, -0.05) is 19.1 Å². The fraction of sp³-hybridized carbons (Fsp3) is 0.368. The van der Waals surface area contributed by atoms with Gasteiger partial charge in [-0.25, -0.2) is 4.39 Å². The fourth-order valence-electron chi connectivity index (χ4n) is 3.33. The summed E-state index contributed by atoms with van der Waals surface area (Å²) in [6, 6.07) is 8.04. The van der Waals surface area contributed by atoms with Crippen LogP contribution in [0.2, 0.25) is 0 Å². The maximum absolute atomic E-state index is 13.1. The smallest absolute Gasteiger partial charge is 0.308 e. The molecule has 2 unspecified atom stereocenters. The SMILES string of the molecule is Cc1cc(C(=O)N2CC(C)CC(C(=O)O)C2)sc1-c1ccc(F)cc1. The number of carboxylic acid groups (broad SMARTS) is 1. The molecule has 0 saturated carbocycles. The number of carbonyl (C=O) groups excluding carboxylic acids is 1. The lowest BCUT2D eigenvalue weighted by atomic mass is 9.90. The van der Waals surface area contributed by atoms with E-state index in [1.165, 1.54) is 23.5 Å². The summed E-state index contributed by atoms with van der Waals surface area (Å²) < 4.78 is 13.1. The molecule has 2 atom stereocenters. The van der Waals surface area contributed by atoms with Crippen LogP contribution in [0.25, 0.3) is 10.4 Å². The van der Waals surface area contributed by atoms with E-state index >= 15 is 0 Å². The van der Waals surface area contributed by atoms with Crippen LogP contribution < -0.4 is 0 Å². The summed E-state index contributed by atoms with van der Waals surface area (Å²) in [6.45, 7) is 4.72. The number of rotatable bonds is 3. The van der Waals surface area contributed by atoms with Crippen LogP contribution in [0.15, 0.2) is 30.3 Å². The molecule has 25 heavy (non-hydrogen) atoms. The number of thiophene rings is 1. The molecular formula is C19H20FNO3S. The van der Waals surface area contributed by atoms with Gasteiger partial charge in [-0.3, -0.25) is 9.59 Å². The Kier molecular flexibility index (Phi) is 4.90. The average molecular weight is 361 g/mol. The summed E-state index contributed by atoms with van der Waals surface area (Å²) >= 11 is 1.37. The first-order valence-corrected chi connectivity index (χ1v) is 9.05. The summed E-state index contributed by atoms with van der Waals surface area (Å²) in [5, 5.41) is 9.28. The first-order valence-electron chi connectivity index (χ1n) is 8.23. The molecule has 0 spiro atoms. The minimum atomic E-state index is -0.848. The van der Waals surface area contributed by atoms with Gasteiger partial charge >= 0.3 is 5.97 Å². The van der Waals surface area contributed by atoms with Crippen LogP contribution in [0, 0.1) is 24.6 Å². The zero-order chi connectivity index (χ0) is 18.1. The molecule has 2 heterocycles. The number of aryl methyl sites for hydroxylation is 1. The number of hydrogen-bond acceptors (Lipinski definition) is 3. The van der Waals surface area contributed by atoms with Crippen molar-refractivity contribution in [1.82, 2.24) is 4.90 Å². The Balaban J connectivity index is 1.84. The molecule has 3 rings (SSSR count). The van der Waals surface area contributed by atoms with Gasteiger partial charge in [0.15, 0.2) is 0 Å². The van der Waals surface area contributed by atoms with Crippen molar-refractivity contribution in [3.05, 3.63) is 46.6 Å². The number of amides is 1. The van der Waals surface area contributed by atoms with Crippen molar-refractivity contribution < 1.29 is 19.1 Å². The summed E-state index contributed by atoms with van der Waals surface area (Å²) in [7, 11) is 0. The van der Waals surface area contributed by atoms with Crippen molar-refractivity contribution in [1.29, 1.82) is 0 Å². The zero-order valence-corrected chi connectivity index (χ0v) is 15.0. The first-order chi connectivity index (χ1) is 11.8. The van der Waals surface area contributed by atoms with Crippen LogP contribution in [0.3, 0.4) is 0 Å². The third-order valence-corrected chi connectivity index (χ3v) is 5.81. The van der Waals surface area contributed by atoms with Crippen LogP contribution in [-0.4, -0.2) is 35.0 Å². The van der Waals surface area contributed by atoms with E-state index in [-0.39, 0.29) is 24.2 Å². The van der Waals surface area contributed by atoms with Crippen molar-refractivity contribution in [3.63, 3.8) is 0 Å². The second kappa shape index (κ2) is 6.96. The number of carbonyl (C=O) groups is 2. The minimum Gasteiger partial charge on any atom is -0.481 e. The Morgan fingerprint density at radius 2 is 1.92 bits per heavy atom. The van der Waals surface area contributed by atoms with E-state index in [0.717, 1.165) is 16.0 Å². The molecule has 1 aliphatic heterocycles. The fourth-order valence-corrected chi connectivity index (χ4v) is 4.47. The van der Waals surface area contributed by atoms with E-state index in [4.69, 9.17) is 0 Å². The highest BCUT2D eigenvalue weighted by atomic mass is 32.1. The average Bonchev–Trinajstić information content (AvgIpc) is 2.96. The lowest BCUT2D eigenvalue weighted by Gasteiger charge is -2.34. The number of halogens is 1. The van der Waals surface area contributed by atoms with Gasteiger partial charge in [-0.15, -0.1) is 11.3 Å². The molecule has 0 radical (unpaired) electrons. The molecule has 2 aromatic rings. The van der Waals surface area contributed by atoms with E-state index in [1.807, 2.05) is 19.9 Å². The van der Waals surface area contributed by atoms with Gasteiger partial charge in [-0.05, 0) is 48.6 Å². The van der Waals surface area contributed by atoms with E-state index in [0.29, 0.717) is 17.8 Å². The maximum atomic E-state index is 13.1. The molecule has 1 saturated heterocycles. The second-order valence-corrected chi connectivity index (χ2v) is 7.77.